The highest BCUT2D eigenvalue weighted by Crippen LogP contribution is 2.24. The highest BCUT2D eigenvalue weighted by Gasteiger charge is 2.49. The second-order valence-electron chi connectivity index (χ2n) is 11.2. The van der Waals surface area contributed by atoms with Gasteiger partial charge in [-0.2, -0.15) is 0 Å². The fourth-order valence-electron chi connectivity index (χ4n) is 5.31. The number of carbonyl (C=O) groups excluding carboxylic acids is 4. The molecule has 0 unspecified atom stereocenters. The number of aliphatic hydroxyl groups is 3. The first-order valence-electron chi connectivity index (χ1n) is 14.7. The number of guanidine groups is 1. The lowest BCUT2D eigenvalue weighted by Gasteiger charge is -2.44. The predicted molar refractivity (Wildman–Crippen MR) is 154 cm³/mol. The van der Waals surface area contributed by atoms with Crippen LogP contribution in [0.5, 0.6) is 0 Å². The molecule has 2 saturated heterocycles. The fourth-order valence-corrected chi connectivity index (χ4v) is 5.31. The van der Waals surface area contributed by atoms with E-state index in [1.807, 2.05) is 0 Å². The lowest BCUT2D eigenvalue weighted by molar-refractivity contribution is -0.198. The maximum atomic E-state index is 13.0. The molecule has 44 heavy (non-hydrogen) atoms. The number of fused-ring (bicyclic) bond motifs is 1. The van der Waals surface area contributed by atoms with E-state index in [0.717, 1.165) is 6.42 Å². The zero-order valence-corrected chi connectivity index (χ0v) is 24.4. The number of piperidine rings is 1. The number of β-amino-alcohol motifs (C(OH)–C–C–N with tert-alkyl or cyclic N) is 1. The quantitative estimate of drug-likeness (QED) is 0.0749. The molecule has 3 rings (SSSR count). The third-order valence-electron chi connectivity index (χ3n) is 7.59. The zero-order chi connectivity index (χ0) is 32.4. The molecule has 0 saturated carbocycles. The number of carbonyl (C=O) groups is 4. The van der Waals surface area contributed by atoms with Crippen LogP contribution in [0.15, 0.2) is 4.99 Å². The SMILES string of the molecule is NCCC[C@H](N)CC(=O)NCCC[C@H](N)CC(=O)N[C@@H]1[C@@H](O)[C@H](OC(N)=O)[C@@H](CO)O[C@H]1NC1=N[C@@H]2C(=O)NC[C@@H](O)[C@H]2N1. The van der Waals surface area contributed by atoms with E-state index in [1.165, 1.54) is 0 Å². The Labute approximate surface area is 254 Å². The Kier molecular flexibility index (Phi) is 13.3. The third-order valence-corrected chi connectivity index (χ3v) is 7.59. The molecule has 0 spiro atoms. The van der Waals surface area contributed by atoms with E-state index in [2.05, 4.69) is 31.6 Å². The number of ether oxygens (including phenoxy) is 2. The number of primary amides is 1. The van der Waals surface area contributed by atoms with Crippen molar-refractivity contribution in [1.29, 1.82) is 0 Å². The van der Waals surface area contributed by atoms with Crippen molar-refractivity contribution in [3.63, 3.8) is 0 Å². The van der Waals surface area contributed by atoms with Gasteiger partial charge in [-0.3, -0.25) is 14.4 Å². The first-order chi connectivity index (χ1) is 20.9. The summed E-state index contributed by atoms with van der Waals surface area (Å²) in [6.45, 7) is 0.203. The number of hydrogen-bond donors (Lipinski definition) is 12. The average Bonchev–Trinajstić information content (AvgIpc) is 3.40. The molecule has 19 heteroatoms. The van der Waals surface area contributed by atoms with Crippen LogP contribution in [0.4, 0.5) is 4.79 Å². The molecule has 0 aliphatic carbocycles. The van der Waals surface area contributed by atoms with Crippen LogP contribution in [0.2, 0.25) is 0 Å². The minimum absolute atomic E-state index is 0.0296. The van der Waals surface area contributed by atoms with Crippen molar-refractivity contribution in [3.8, 4) is 0 Å². The second-order valence-corrected chi connectivity index (χ2v) is 11.2. The van der Waals surface area contributed by atoms with Crippen molar-refractivity contribution in [2.75, 3.05) is 26.2 Å². The molecular weight excluding hydrogens is 584 g/mol. The average molecular weight is 631 g/mol. The Morgan fingerprint density at radius 2 is 1.80 bits per heavy atom. The normalized spacial score (nSPS) is 31.0. The summed E-state index contributed by atoms with van der Waals surface area (Å²) in [5.41, 5.74) is 22.6. The van der Waals surface area contributed by atoms with Gasteiger partial charge in [0, 0.05) is 38.0 Å². The van der Waals surface area contributed by atoms with Crippen LogP contribution in [0.3, 0.4) is 0 Å². The van der Waals surface area contributed by atoms with Gasteiger partial charge in [-0.1, -0.05) is 0 Å². The highest BCUT2D eigenvalue weighted by molar-refractivity contribution is 5.92. The number of nitrogens with zero attached hydrogens (tertiary/aromatic N) is 1. The van der Waals surface area contributed by atoms with Crippen LogP contribution in [0.1, 0.15) is 38.5 Å². The Balaban J connectivity index is 1.57. The molecule has 0 radical (unpaired) electrons. The lowest BCUT2D eigenvalue weighted by atomic mass is 9.95. The van der Waals surface area contributed by atoms with Crippen LogP contribution in [-0.2, 0) is 23.9 Å². The van der Waals surface area contributed by atoms with Gasteiger partial charge in [0.15, 0.2) is 24.3 Å². The van der Waals surface area contributed by atoms with Gasteiger partial charge >= 0.3 is 6.09 Å². The molecule has 0 aromatic carbocycles. The number of rotatable bonds is 15. The number of aliphatic imine (C=N–C) groups is 1. The summed E-state index contributed by atoms with van der Waals surface area (Å²) in [5.74, 6) is -1.12. The van der Waals surface area contributed by atoms with E-state index in [1.54, 1.807) is 0 Å². The number of hydrogen-bond acceptors (Lipinski definition) is 15. The van der Waals surface area contributed by atoms with Crippen LogP contribution in [0, 0.1) is 0 Å². The molecule has 3 heterocycles. The molecule has 250 valence electrons. The Bertz CT molecular complexity index is 1040. The Hall–Kier alpha value is -3.33. The van der Waals surface area contributed by atoms with Crippen LogP contribution in [0.25, 0.3) is 0 Å². The van der Waals surface area contributed by atoms with Crippen molar-refractivity contribution < 1.29 is 44.0 Å². The molecule has 3 aliphatic heterocycles. The number of nitrogens with two attached hydrogens (primary N) is 4. The van der Waals surface area contributed by atoms with Gasteiger partial charge in [0.05, 0.1) is 18.8 Å². The van der Waals surface area contributed by atoms with E-state index >= 15 is 0 Å². The van der Waals surface area contributed by atoms with Crippen LogP contribution >= 0.6 is 0 Å². The Morgan fingerprint density at radius 1 is 1.11 bits per heavy atom. The van der Waals surface area contributed by atoms with E-state index in [0.29, 0.717) is 32.4 Å². The van der Waals surface area contributed by atoms with Gasteiger partial charge < -0.3 is 74.3 Å². The molecule has 2 fully saturated rings. The summed E-state index contributed by atoms with van der Waals surface area (Å²) in [6.07, 6.45) is -5.37. The summed E-state index contributed by atoms with van der Waals surface area (Å²) < 4.78 is 10.8. The molecule has 4 amide bonds. The minimum atomic E-state index is -1.60. The molecule has 3 aliphatic rings. The third kappa shape index (κ3) is 9.84. The van der Waals surface area contributed by atoms with E-state index in [-0.39, 0.29) is 37.3 Å². The highest BCUT2D eigenvalue weighted by atomic mass is 16.6. The smallest absolute Gasteiger partial charge is 0.404 e. The van der Waals surface area contributed by atoms with Crippen molar-refractivity contribution in [3.05, 3.63) is 0 Å². The van der Waals surface area contributed by atoms with E-state index < -0.39 is 79.3 Å². The van der Waals surface area contributed by atoms with Gasteiger partial charge in [0.1, 0.15) is 18.2 Å². The van der Waals surface area contributed by atoms with Crippen molar-refractivity contribution in [1.82, 2.24) is 26.6 Å². The van der Waals surface area contributed by atoms with Gasteiger partial charge in [-0.15, -0.1) is 0 Å². The van der Waals surface area contributed by atoms with Crippen molar-refractivity contribution in [2.45, 2.75) is 99.4 Å². The van der Waals surface area contributed by atoms with E-state index in [4.69, 9.17) is 32.4 Å². The molecule has 0 bridgehead atoms. The maximum Gasteiger partial charge on any atom is 0.404 e. The summed E-state index contributed by atoms with van der Waals surface area (Å²) >= 11 is 0. The maximum absolute atomic E-state index is 13.0. The molecule has 10 atom stereocenters. The molecule has 0 aromatic heterocycles. The van der Waals surface area contributed by atoms with Gasteiger partial charge in [0.2, 0.25) is 17.7 Å². The lowest BCUT2D eigenvalue weighted by Crippen LogP contribution is -2.70. The summed E-state index contributed by atoms with van der Waals surface area (Å²) in [4.78, 5) is 52.9. The number of aliphatic hydroxyl groups excluding tert-OH is 3. The summed E-state index contributed by atoms with van der Waals surface area (Å²) in [6, 6.07) is -3.79. The van der Waals surface area contributed by atoms with Gasteiger partial charge in [-0.25, -0.2) is 9.79 Å². The van der Waals surface area contributed by atoms with Gasteiger partial charge in [0.25, 0.3) is 0 Å². The molecule has 16 N–H and O–H groups in total. The van der Waals surface area contributed by atoms with E-state index in [9.17, 15) is 34.5 Å². The molecule has 19 nitrogen and oxygen atoms in total. The fraction of sp³-hybridized carbons (Fsp3) is 0.800. The molecule has 0 aromatic rings. The minimum Gasteiger partial charge on any atom is -0.441 e. The standard InChI is InChI=1S/C25H46N10O9/c26-5-1-3-11(27)7-15(38)30-6-2-4-12(28)8-16(39)32-19-20(40)21(44-24(29)42)14(10-36)43-23(19)35-25-33-17-13(37)9-31-22(41)18(17)34-25/h11-14,17-21,23,36-37,40H,1-10,26-28H2,(H2,29,42)(H,30,38)(H,31,41)(H,32,39)(H2,33,34,35)/t11-,12-,13+,14+,17+,18-,19+,20+,21+,23+/m0/s1. The van der Waals surface area contributed by atoms with Crippen molar-refractivity contribution >= 4 is 29.8 Å². The number of nitrogens with one attached hydrogen (secondary N) is 5. The van der Waals surface area contributed by atoms with Crippen molar-refractivity contribution in [2.24, 2.45) is 27.9 Å². The summed E-state index contributed by atoms with van der Waals surface area (Å²) in [7, 11) is 0. The van der Waals surface area contributed by atoms with Gasteiger partial charge in [-0.05, 0) is 32.2 Å². The predicted octanol–water partition coefficient (Wildman–Crippen LogP) is -6.14. The zero-order valence-electron chi connectivity index (χ0n) is 24.4. The van der Waals surface area contributed by atoms with Crippen LogP contribution in [-0.4, -0.2) is 132 Å². The summed E-state index contributed by atoms with van der Waals surface area (Å²) in [5, 5.41) is 44.9. The number of amides is 4. The van der Waals surface area contributed by atoms with Crippen LogP contribution < -0.4 is 49.5 Å². The first-order valence-corrected chi connectivity index (χ1v) is 14.7. The largest absolute Gasteiger partial charge is 0.441 e. The second kappa shape index (κ2) is 16.7. The monoisotopic (exact) mass is 630 g/mol. The molecular formula is C25H46N10O9. The Morgan fingerprint density at radius 3 is 2.43 bits per heavy atom. The first kappa shape index (κ1) is 35.2. The topological polar surface area (TPSA) is 324 Å².